The number of hydrogen-bond donors (Lipinski definition) is 1. The molecule has 0 aliphatic heterocycles. The number of esters is 1. The van der Waals surface area contributed by atoms with Crippen LogP contribution in [-0.2, 0) is 11.2 Å². The molecule has 3 rings (SSSR count). The van der Waals surface area contributed by atoms with Gasteiger partial charge < -0.3 is 14.1 Å². The summed E-state index contributed by atoms with van der Waals surface area (Å²) in [5.74, 6) is -0.439. The highest BCUT2D eigenvalue weighted by Crippen LogP contribution is 2.12. The second-order valence-electron chi connectivity index (χ2n) is 4.81. The largest absolute Gasteiger partial charge is 0.465 e. The molecule has 0 radical (unpaired) electrons. The Morgan fingerprint density at radius 3 is 2.83 bits per heavy atom. The Morgan fingerprint density at radius 2 is 2.13 bits per heavy atom. The number of ether oxygens (including phenoxy) is 1. The van der Waals surface area contributed by atoms with E-state index in [0.29, 0.717) is 10.9 Å². The molecular formula is C16H12N2O5. The van der Waals surface area contributed by atoms with Crippen LogP contribution in [0.1, 0.15) is 26.7 Å². The van der Waals surface area contributed by atoms with E-state index in [1.807, 2.05) is 0 Å². The number of H-pyrrole nitrogens is 1. The number of carbonyl (C=O) groups excluding carboxylic acids is 2. The summed E-state index contributed by atoms with van der Waals surface area (Å²) in [6, 6.07) is 7.57. The summed E-state index contributed by atoms with van der Waals surface area (Å²) in [6.07, 6.45) is 1.29. The van der Waals surface area contributed by atoms with E-state index < -0.39 is 5.97 Å². The number of benzene rings is 1. The number of aromatic nitrogens is 2. The van der Waals surface area contributed by atoms with E-state index >= 15 is 0 Å². The minimum absolute atomic E-state index is 0.110. The highest BCUT2D eigenvalue weighted by molar-refractivity contribution is 5.95. The van der Waals surface area contributed by atoms with Crippen LogP contribution < -0.4 is 5.56 Å². The number of hydrogen-bond acceptors (Lipinski definition) is 6. The van der Waals surface area contributed by atoms with Crippen molar-refractivity contribution in [1.82, 2.24) is 9.97 Å². The zero-order chi connectivity index (χ0) is 16.4. The molecule has 0 saturated carbocycles. The summed E-state index contributed by atoms with van der Waals surface area (Å²) >= 11 is 0. The molecule has 2 heterocycles. The van der Waals surface area contributed by atoms with Crippen LogP contribution in [0.5, 0.6) is 0 Å². The molecule has 0 atom stereocenters. The molecule has 0 aliphatic rings. The number of nitrogens with zero attached hydrogens (tertiary/aromatic N) is 1. The molecule has 0 saturated heterocycles. The average Bonchev–Trinajstić information content (AvgIpc) is 3.08. The lowest BCUT2D eigenvalue weighted by Crippen LogP contribution is -2.15. The van der Waals surface area contributed by atoms with Gasteiger partial charge in [-0.2, -0.15) is 0 Å². The van der Waals surface area contributed by atoms with E-state index in [1.165, 1.54) is 37.6 Å². The molecule has 7 heteroatoms. The Kier molecular flexibility index (Phi) is 3.76. The van der Waals surface area contributed by atoms with Crippen molar-refractivity contribution >= 4 is 22.7 Å². The molecule has 2 aromatic heterocycles. The maximum absolute atomic E-state index is 12.1. The Hall–Kier alpha value is -3.22. The van der Waals surface area contributed by atoms with Gasteiger partial charge in [-0.3, -0.25) is 9.59 Å². The fourth-order valence-electron chi connectivity index (χ4n) is 2.19. The number of carbonyl (C=O) groups is 2. The van der Waals surface area contributed by atoms with Crippen molar-refractivity contribution < 1.29 is 18.7 Å². The van der Waals surface area contributed by atoms with Crippen LogP contribution in [0.15, 0.2) is 45.8 Å². The first kappa shape index (κ1) is 14.7. The number of aromatic amines is 1. The van der Waals surface area contributed by atoms with Crippen molar-refractivity contribution in [2.24, 2.45) is 0 Å². The summed E-state index contributed by atoms with van der Waals surface area (Å²) < 4.78 is 9.66. The minimum Gasteiger partial charge on any atom is -0.465 e. The number of Topliss-reactive ketones (excluding diaryl/α,β-unsaturated/α-hetero) is 1. The number of nitrogens with one attached hydrogen (secondary N) is 1. The first-order chi connectivity index (χ1) is 11.1. The number of fused-ring (bicyclic) bond motifs is 1. The van der Waals surface area contributed by atoms with Gasteiger partial charge in [0.1, 0.15) is 5.82 Å². The molecule has 0 unspecified atom stereocenters. The Bertz CT molecular complexity index is 941. The molecule has 1 N–H and O–H groups in total. The molecule has 0 spiro atoms. The number of methoxy groups -OCH3 is 1. The summed E-state index contributed by atoms with van der Waals surface area (Å²) in [7, 11) is 1.27. The third-order valence-electron chi connectivity index (χ3n) is 3.30. The maximum Gasteiger partial charge on any atom is 0.337 e. The van der Waals surface area contributed by atoms with Crippen LogP contribution in [0.4, 0.5) is 0 Å². The lowest BCUT2D eigenvalue weighted by molar-refractivity contribution is 0.0600. The fourth-order valence-corrected chi connectivity index (χ4v) is 2.19. The van der Waals surface area contributed by atoms with E-state index in [2.05, 4.69) is 14.7 Å². The first-order valence-electron chi connectivity index (χ1n) is 6.76. The van der Waals surface area contributed by atoms with Gasteiger partial charge >= 0.3 is 5.97 Å². The lowest BCUT2D eigenvalue weighted by atomic mass is 10.1. The molecule has 0 bridgehead atoms. The maximum atomic E-state index is 12.1. The van der Waals surface area contributed by atoms with Crippen molar-refractivity contribution in [2.75, 3.05) is 7.11 Å². The third-order valence-corrected chi connectivity index (χ3v) is 3.30. The van der Waals surface area contributed by atoms with Crippen molar-refractivity contribution in [3.05, 3.63) is 64.1 Å². The van der Waals surface area contributed by atoms with Crippen LogP contribution in [0.3, 0.4) is 0 Å². The van der Waals surface area contributed by atoms with E-state index in [0.717, 1.165) is 0 Å². The van der Waals surface area contributed by atoms with E-state index in [9.17, 15) is 14.4 Å². The molecule has 7 nitrogen and oxygen atoms in total. The summed E-state index contributed by atoms with van der Waals surface area (Å²) in [4.78, 5) is 42.4. The van der Waals surface area contributed by atoms with Crippen LogP contribution in [0, 0.1) is 0 Å². The average molecular weight is 312 g/mol. The van der Waals surface area contributed by atoms with Gasteiger partial charge in [0.25, 0.3) is 5.56 Å². The fraction of sp³-hybridized carbons (Fsp3) is 0.125. The monoisotopic (exact) mass is 312 g/mol. The van der Waals surface area contributed by atoms with Crippen molar-refractivity contribution in [2.45, 2.75) is 6.42 Å². The lowest BCUT2D eigenvalue weighted by Gasteiger charge is -2.04. The zero-order valence-electron chi connectivity index (χ0n) is 12.2. The van der Waals surface area contributed by atoms with Crippen LogP contribution in [0.25, 0.3) is 10.9 Å². The van der Waals surface area contributed by atoms with Gasteiger partial charge in [0.05, 0.1) is 36.3 Å². The normalized spacial score (nSPS) is 10.7. The summed E-state index contributed by atoms with van der Waals surface area (Å²) in [6.45, 7) is 0. The van der Waals surface area contributed by atoms with Crippen molar-refractivity contribution in [3.8, 4) is 0 Å². The van der Waals surface area contributed by atoms with Crippen LogP contribution >= 0.6 is 0 Å². The number of ketones is 1. The topological polar surface area (TPSA) is 102 Å². The molecule has 0 aliphatic carbocycles. The SMILES string of the molecule is COC(=O)c1ccc2c(=O)[nH]c(CC(=O)c3ccco3)nc2c1. The van der Waals surface area contributed by atoms with Gasteiger partial charge in [-0.1, -0.05) is 0 Å². The first-order valence-corrected chi connectivity index (χ1v) is 6.76. The minimum atomic E-state index is -0.526. The third kappa shape index (κ3) is 2.89. The van der Waals surface area contributed by atoms with E-state index in [-0.39, 0.29) is 34.9 Å². The van der Waals surface area contributed by atoms with Gasteiger partial charge in [0, 0.05) is 0 Å². The van der Waals surface area contributed by atoms with Crippen molar-refractivity contribution in [1.29, 1.82) is 0 Å². The highest BCUT2D eigenvalue weighted by atomic mass is 16.5. The molecule has 0 fully saturated rings. The van der Waals surface area contributed by atoms with Gasteiger partial charge in [0.15, 0.2) is 5.76 Å². The predicted molar refractivity (Wildman–Crippen MR) is 80.4 cm³/mol. The smallest absolute Gasteiger partial charge is 0.337 e. The molecule has 0 amide bonds. The number of rotatable bonds is 4. The second-order valence-corrected chi connectivity index (χ2v) is 4.81. The predicted octanol–water partition coefficient (Wildman–Crippen LogP) is 1.73. The summed E-state index contributed by atoms with van der Waals surface area (Å²) in [5, 5.41) is 0.326. The zero-order valence-corrected chi connectivity index (χ0v) is 12.2. The number of furan rings is 1. The van der Waals surface area contributed by atoms with Gasteiger partial charge in [-0.25, -0.2) is 9.78 Å². The highest BCUT2D eigenvalue weighted by Gasteiger charge is 2.14. The molecule has 1 aromatic carbocycles. The standard InChI is InChI=1S/C16H12N2O5/c1-22-16(21)9-4-5-10-11(7-9)17-14(18-15(10)20)8-12(19)13-3-2-6-23-13/h2-7H,8H2,1H3,(H,17,18,20). The second kappa shape index (κ2) is 5.88. The van der Waals surface area contributed by atoms with E-state index in [4.69, 9.17) is 4.42 Å². The quantitative estimate of drug-likeness (QED) is 0.581. The van der Waals surface area contributed by atoms with Gasteiger partial charge in [-0.15, -0.1) is 0 Å². The van der Waals surface area contributed by atoms with Crippen LogP contribution in [0.2, 0.25) is 0 Å². The Balaban J connectivity index is 2.00. The molecular weight excluding hydrogens is 300 g/mol. The van der Waals surface area contributed by atoms with E-state index in [1.54, 1.807) is 6.07 Å². The molecule has 3 aromatic rings. The van der Waals surface area contributed by atoms with Crippen molar-refractivity contribution in [3.63, 3.8) is 0 Å². The molecule has 23 heavy (non-hydrogen) atoms. The molecule has 116 valence electrons. The van der Waals surface area contributed by atoms with Gasteiger partial charge in [0.2, 0.25) is 5.78 Å². The van der Waals surface area contributed by atoms with Crippen LogP contribution in [-0.4, -0.2) is 28.8 Å². The van der Waals surface area contributed by atoms with Gasteiger partial charge in [-0.05, 0) is 30.3 Å². The Morgan fingerprint density at radius 1 is 1.30 bits per heavy atom. The summed E-state index contributed by atoms with van der Waals surface area (Å²) in [5.41, 5.74) is 0.217. The Labute approximate surface area is 129 Å².